The average Bonchev–Trinajstić information content (AvgIpc) is 3.12. The molecule has 2 aliphatic rings. The molecule has 0 aliphatic heterocycles. The van der Waals surface area contributed by atoms with Gasteiger partial charge in [-0.15, -0.1) is 0 Å². The number of nitrogens with zero attached hydrogens (tertiary/aromatic N) is 3. The molecule has 0 atom stereocenters. The van der Waals surface area contributed by atoms with Crippen LogP contribution >= 0.6 is 0 Å². The lowest BCUT2D eigenvalue weighted by molar-refractivity contribution is 0.373. The highest BCUT2D eigenvalue weighted by Gasteiger charge is 2.21. The van der Waals surface area contributed by atoms with Crippen molar-refractivity contribution in [3.05, 3.63) is 17.8 Å². The van der Waals surface area contributed by atoms with Crippen LogP contribution in [0.4, 0.5) is 11.6 Å². The van der Waals surface area contributed by atoms with Gasteiger partial charge in [0, 0.05) is 30.3 Å². The number of nitrogens with one attached hydrogen (secondary N) is 2. The van der Waals surface area contributed by atoms with Crippen LogP contribution < -0.4 is 16.4 Å². The lowest BCUT2D eigenvalue weighted by Gasteiger charge is -2.28. The molecule has 0 amide bonds. The Labute approximate surface area is 155 Å². The van der Waals surface area contributed by atoms with Gasteiger partial charge in [-0.3, -0.25) is 0 Å². The highest BCUT2D eigenvalue weighted by Crippen LogP contribution is 2.28. The molecule has 4 N–H and O–H groups in total. The van der Waals surface area contributed by atoms with Crippen LogP contribution in [0.25, 0.3) is 5.65 Å². The zero-order valence-corrected chi connectivity index (χ0v) is 15.9. The van der Waals surface area contributed by atoms with E-state index in [0.717, 1.165) is 61.0 Å². The first-order valence-corrected chi connectivity index (χ1v) is 10.3. The monoisotopic (exact) mass is 356 g/mol. The van der Waals surface area contributed by atoms with Crippen LogP contribution in [0.3, 0.4) is 0 Å². The predicted molar refractivity (Wildman–Crippen MR) is 107 cm³/mol. The number of fused-ring (bicyclic) bond motifs is 1. The molecule has 142 valence electrons. The smallest absolute Gasteiger partial charge is 0.159 e. The van der Waals surface area contributed by atoms with Gasteiger partial charge in [-0.2, -0.15) is 9.61 Å². The molecule has 4 rings (SSSR count). The molecule has 2 fully saturated rings. The van der Waals surface area contributed by atoms with E-state index in [4.69, 9.17) is 10.7 Å². The van der Waals surface area contributed by atoms with Crippen LogP contribution in [0.1, 0.15) is 63.4 Å². The fourth-order valence-corrected chi connectivity index (χ4v) is 4.46. The van der Waals surface area contributed by atoms with Crippen LogP contribution in [-0.4, -0.2) is 33.2 Å². The van der Waals surface area contributed by atoms with Crippen LogP contribution in [0.2, 0.25) is 0 Å². The Bertz CT molecular complexity index is 725. The highest BCUT2D eigenvalue weighted by molar-refractivity contribution is 5.63. The molecule has 0 spiro atoms. The lowest BCUT2D eigenvalue weighted by Crippen LogP contribution is -2.33. The maximum Gasteiger partial charge on any atom is 0.159 e. The van der Waals surface area contributed by atoms with E-state index in [1.165, 1.54) is 32.1 Å². The summed E-state index contributed by atoms with van der Waals surface area (Å²) < 4.78 is 1.94. The maximum atomic E-state index is 6.05. The van der Waals surface area contributed by atoms with Gasteiger partial charge in [0.05, 0.1) is 6.20 Å². The van der Waals surface area contributed by atoms with Gasteiger partial charge in [-0.25, -0.2) is 4.98 Å². The van der Waals surface area contributed by atoms with Crippen molar-refractivity contribution in [3.63, 3.8) is 0 Å². The number of nitrogens with two attached hydrogens (primary N) is 1. The fourth-order valence-electron chi connectivity index (χ4n) is 4.46. The molecule has 6 heteroatoms. The molecule has 2 aromatic heterocycles. The summed E-state index contributed by atoms with van der Waals surface area (Å²) in [6.07, 6.45) is 13.1. The number of anilines is 2. The average molecular weight is 357 g/mol. The summed E-state index contributed by atoms with van der Waals surface area (Å²) >= 11 is 0. The Balaban J connectivity index is 1.53. The summed E-state index contributed by atoms with van der Waals surface area (Å²) in [6, 6.07) is 2.82. The van der Waals surface area contributed by atoms with E-state index in [0.29, 0.717) is 12.1 Å². The van der Waals surface area contributed by atoms with Crippen molar-refractivity contribution in [1.82, 2.24) is 14.6 Å². The van der Waals surface area contributed by atoms with Gasteiger partial charge < -0.3 is 16.4 Å². The van der Waals surface area contributed by atoms with E-state index in [2.05, 4.69) is 22.7 Å². The van der Waals surface area contributed by atoms with E-state index in [1.807, 2.05) is 16.8 Å². The Hall–Kier alpha value is -1.82. The third kappa shape index (κ3) is 3.80. The number of rotatable bonds is 5. The molecule has 2 saturated carbocycles. The molecular formula is C20H32N6. The Morgan fingerprint density at radius 3 is 2.65 bits per heavy atom. The van der Waals surface area contributed by atoms with Gasteiger partial charge in [0.2, 0.25) is 0 Å². The maximum absolute atomic E-state index is 6.05. The third-order valence-corrected chi connectivity index (χ3v) is 6.17. The van der Waals surface area contributed by atoms with Crippen LogP contribution in [0.5, 0.6) is 0 Å². The minimum atomic E-state index is 0.368. The molecule has 2 heterocycles. The van der Waals surface area contributed by atoms with E-state index < -0.39 is 0 Å². The van der Waals surface area contributed by atoms with Gasteiger partial charge >= 0.3 is 0 Å². The number of hydrogen-bond donors (Lipinski definition) is 3. The van der Waals surface area contributed by atoms with Crippen LogP contribution in [-0.2, 0) is 0 Å². The van der Waals surface area contributed by atoms with E-state index in [-0.39, 0.29) is 0 Å². The van der Waals surface area contributed by atoms with Crippen molar-refractivity contribution in [1.29, 1.82) is 0 Å². The molecule has 0 saturated heterocycles. The van der Waals surface area contributed by atoms with Gasteiger partial charge in [-0.1, -0.05) is 19.3 Å². The van der Waals surface area contributed by atoms with Gasteiger partial charge in [0.15, 0.2) is 5.65 Å². The summed E-state index contributed by atoms with van der Waals surface area (Å²) in [5, 5.41) is 11.9. The Morgan fingerprint density at radius 1 is 1.12 bits per heavy atom. The second-order valence-corrected chi connectivity index (χ2v) is 8.18. The van der Waals surface area contributed by atoms with E-state index in [9.17, 15) is 0 Å². The third-order valence-electron chi connectivity index (χ3n) is 6.17. The summed E-state index contributed by atoms with van der Waals surface area (Å²) in [4.78, 5) is 4.82. The first-order chi connectivity index (χ1) is 12.7. The normalized spacial score (nSPS) is 24.7. The topological polar surface area (TPSA) is 80.3 Å². The second-order valence-electron chi connectivity index (χ2n) is 8.18. The molecule has 0 unspecified atom stereocenters. The molecular weight excluding hydrogens is 324 g/mol. The standard InChI is InChI=1S/C20H32N6/c1-14-19(24-17-9-7-16(21)8-10-17)25-18-11-12-23-26(18)20(14)22-13-15-5-3-2-4-6-15/h11-12,15-17,22H,2-10,13,21H2,1H3,(H,24,25). The largest absolute Gasteiger partial charge is 0.369 e. The van der Waals surface area contributed by atoms with E-state index in [1.54, 1.807) is 0 Å². The van der Waals surface area contributed by atoms with Crippen LogP contribution in [0, 0.1) is 12.8 Å². The van der Waals surface area contributed by atoms with Crippen LogP contribution in [0.15, 0.2) is 12.3 Å². The zero-order valence-electron chi connectivity index (χ0n) is 15.9. The highest BCUT2D eigenvalue weighted by atomic mass is 15.3. The van der Waals surface area contributed by atoms with Crippen molar-refractivity contribution < 1.29 is 0 Å². The quantitative estimate of drug-likeness (QED) is 0.761. The van der Waals surface area contributed by atoms with Crippen molar-refractivity contribution in [2.45, 2.75) is 76.8 Å². The molecule has 6 nitrogen and oxygen atoms in total. The summed E-state index contributed by atoms with van der Waals surface area (Å²) in [5.74, 6) is 2.85. The Kier molecular flexibility index (Phi) is 5.29. The van der Waals surface area contributed by atoms with Gasteiger partial charge in [0.25, 0.3) is 0 Å². The molecule has 2 aromatic rings. The Morgan fingerprint density at radius 2 is 1.88 bits per heavy atom. The predicted octanol–water partition coefficient (Wildman–Crippen LogP) is 3.71. The minimum Gasteiger partial charge on any atom is -0.369 e. The fraction of sp³-hybridized carbons (Fsp3) is 0.700. The lowest BCUT2D eigenvalue weighted by atomic mass is 9.89. The first-order valence-electron chi connectivity index (χ1n) is 10.3. The van der Waals surface area contributed by atoms with Crippen molar-refractivity contribution in [2.75, 3.05) is 17.2 Å². The number of hydrogen-bond acceptors (Lipinski definition) is 5. The second kappa shape index (κ2) is 7.82. The summed E-state index contributed by atoms with van der Waals surface area (Å²) in [5.41, 5.74) is 8.11. The summed E-state index contributed by atoms with van der Waals surface area (Å²) in [7, 11) is 0. The SMILES string of the molecule is Cc1c(NC2CCC(N)CC2)nc2ccnn2c1NCC1CCCCC1. The van der Waals surface area contributed by atoms with Crippen molar-refractivity contribution in [3.8, 4) is 0 Å². The molecule has 26 heavy (non-hydrogen) atoms. The minimum absolute atomic E-state index is 0.368. The first kappa shape index (κ1) is 17.6. The van der Waals surface area contributed by atoms with E-state index >= 15 is 0 Å². The number of aromatic nitrogens is 3. The zero-order chi connectivity index (χ0) is 17.9. The van der Waals surface area contributed by atoms with Gasteiger partial charge in [-0.05, 0) is 51.4 Å². The van der Waals surface area contributed by atoms with Crippen molar-refractivity contribution in [2.24, 2.45) is 11.7 Å². The molecule has 2 aliphatic carbocycles. The molecule has 0 bridgehead atoms. The summed E-state index contributed by atoms with van der Waals surface area (Å²) in [6.45, 7) is 3.17. The van der Waals surface area contributed by atoms with Crippen molar-refractivity contribution >= 4 is 17.3 Å². The molecule has 0 aromatic carbocycles. The van der Waals surface area contributed by atoms with Gasteiger partial charge in [0.1, 0.15) is 11.6 Å². The molecule has 0 radical (unpaired) electrons.